The number of hydrogen-bond donors (Lipinski definition) is 2. The van der Waals surface area contributed by atoms with E-state index in [1.165, 1.54) is 17.0 Å². The SMILES string of the molecule is CCCCCCN1C(=O)C(O)=C(c2ccc(C(F)(F)F)cc2)C1[C@H](O)c1ccccc1. The van der Waals surface area contributed by atoms with E-state index in [-0.39, 0.29) is 11.1 Å². The molecule has 0 radical (unpaired) electrons. The Morgan fingerprint density at radius 3 is 2.23 bits per heavy atom. The van der Waals surface area contributed by atoms with Gasteiger partial charge < -0.3 is 15.1 Å². The van der Waals surface area contributed by atoms with Gasteiger partial charge in [-0.25, -0.2) is 0 Å². The van der Waals surface area contributed by atoms with Crippen molar-refractivity contribution in [2.75, 3.05) is 6.54 Å². The Balaban J connectivity index is 1.98. The smallest absolute Gasteiger partial charge is 0.416 e. The van der Waals surface area contributed by atoms with E-state index in [1.807, 2.05) is 0 Å². The summed E-state index contributed by atoms with van der Waals surface area (Å²) in [7, 11) is 0. The molecule has 2 N–H and O–H groups in total. The van der Waals surface area contributed by atoms with Crippen LogP contribution in [0.15, 0.2) is 60.4 Å². The van der Waals surface area contributed by atoms with E-state index in [0.717, 1.165) is 31.4 Å². The molecule has 2 atom stereocenters. The van der Waals surface area contributed by atoms with Gasteiger partial charge in [0.15, 0.2) is 5.76 Å². The summed E-state index contributed by atoms with van der Waals surface area (Å²) in [5, 5.41) is 21.8. The molecule has 0 saturated carbocycles. The largest absolute Gasteiger partial charge is 0.503 e. The molecule has 166 valence electrons. The lowest BCUT2D eigenvalue weighted by molar-refractivity contribution is -0.137. The predicted molar refractivity (Wildman–Crippen MR) is 112 cm³/mol. The molecular weight excluding hydrogens is 407 g/mol. The van der Waals surface area contributed by atoms with Gasteiger partial charge in [-0.3, -0.25) is 4.79 Å². The fourth-order valence-electron chi connectivity index (χ4n) is 3.93. The third kappa shape index (κ3) is 4.93. The van der Waals surface area contributed by atoms with Gasteiger partial charge in [0.25, 0.3) is 5.91 Å². The third-order valence-corrected chi connectivity index (χ3v) is 5.57. The fraction of sp³-hybridized carbons (Fsp3) is 0.375. The van der Waals surface area contributed by atoms with Crippen LogP contribution in [0.1, 0.15) is 55.4 Å². The zero-order valence-electron chi connectivity index (χ0n) is 17.3. The molecule has 4 nitrogen and oxygen atoms in total. The van der Waals surface area contributed by atoms with E-state index >= 15 is 0 Å². The van der Waals surface area contributed by atoms with Crippen molar-refractivity contribution in [2.45, 2.75) is 50.9 Å². The molecule has 1 unspecified atom stereocenters. The van der Waals surface area contributed by atoms with Gasteiger partial charge in [0, 0.05) is 12.1 Å². The van der Waals surface area contributed by atoms with Crippen molar-refractivity contribution in [3.05, 3.63) is 77.0 Å². The Morgan fingerprint density at radius 2 is 1.65 bits per heavy atom. The van der Waals surface area contributed by atoms with Crippen LogP contribution in [0.3, 0.4) is 0 Å². The average Bonchev–Trinajstić information content (AvgIpc) is 3.01. The number of amides is 1. The van der Waals surface area contributed by atoms with Crippen LogP contribution in [0.25, 0.3) is 5.57 Å². The summed E-state index contributed by atoms with van der Waals surface area (Å²) in [6.07, 6.45) is -2.02. The molecule has 0 spiro atoms. The van der Waals surface area contributed by atoms with Crippen molar-refractivity contribution < 1.29 is 28.2 Å². The van der Waals surface area contributed by atoms with Gasteiger partial charge in [0.05, 0.1) is 11.6 Å². The summed E-state index contributed by atoms with van der Waals surface area (Å²) in [4.78, 5) is 14.3. The Bertz CT molecular complexity index is 923. The average molecular weight is 433 g/mol. The van der Waals surface area contributed by atoms with Crippen LogP contribution in [0.4, 0.5) is 13.2 Å². The van der Waals surface area contributed by atoms with E-state index < -0.39 is 35.6 Å². The second-order valence-corrected chi connectivity index (χ2v) is 7.70. The van der Waals surface area contributed by atoms with Crippen LogP contribution >= 0.6 is 0 Å². The second-order valence-electron chi connectivity index (χ2n) is 7.70. The first-order chi connectivity index (χ1) is 14.8. The standard InChI is InChI=1S/C24H26F3NO3/c1-2-3-4-8-15-28-20(21(29)17-9-6-5-7-10-17)19(22(30)23(28)31)16-11-13-18(14-12-16)24(25,26)27/h5-7,9-14,20-21,29-30H,2-4,8,15H2,1H3/t20?,21-/m1/s1. The van der Waals surface area contributed by atoms with E-state index in [1.54, 1.807) is 30.3 Å². The molecule has 3 rings (SSSR count). The molecule has 2 aromatic carbocycles. The minimum absolute atomic E-state index is 0.144. The molecule has 1 aliphatic rings. The van der Waals surface area contributed by atoms with Crippen molar-refractivity contribution in [3.8, 4) is 0 Å². The number of halogens is 3. The van der Waals surface area contributed by atoms with Crippen molar-refractivity contribution in [1.82, 2.24) is 4.90 Å². The molecule has 0 aromatic heterocycles. The van der Waals surface area contributed by atoms with Gasteiger partial charge in [0.1, 0.15) is 6.10 Å². The van der Waals surface area contributed by atoms with Crippen LogP contribution < -0.4 is 0 Å². The van der Waals surface area contributed by atoms with Crippen molar-refractivity contribution in [2.24, 2.45) is 0 Å². The topological polar surface area (TPSA) is 60.8 Å². The van der Waals surface area contributed by atoms with Gasteiger partial charge in [-0.05, 0) is 29.7 Å². The van der Waals surface area contributed by atoms with Gasteiger partial charge in [-0.2, -0.15) is 13.2 Å². The molecular formula is C24H26F3NO3. The van der Waals surface area contributed by atoms with Gasteiger partial charge in [0.2, 0.25) is 0 Å². The fourth-order valence-corrected chi connectivity index (χ4v) is 3.93. The Labute approximate surface area is 179 Å². The van der Waals surface area contributed by atoms with E-state index in [4.69, 9.17) is 0 Å². The molecule has 7 heteroatoms. The predicted octanol–water partition coefficient (Wildman–Crippen LogP) is 5.50. The summed E-state index contributed by atoms with van der Waals surface area (Å²) in [5.41, 5.74) is 0.149. The Hall–Kier alpha value is -2.80. The van der Waals surface area contributed by atoms with Crippen molar-refractivity contribution in [1.29, 1.82) is 0 Å². The zero-order chi connectivity index (χ0) is 22.6. The van der Waals surface area contributed by atoms with Gasteiger partial charge in [-0.15, -0.1) is 0 Å². The highest BCUT2D eigenvalue weighted by Crippen LogP contribution is 2.40. The molecule has 0 bridgehead atoms. The minimum atomic E-state index is -4.49. The number of aliphatic hydroxyl groups is 2. The first kappa shape index (κ1) is 22.9. The van der Waals surface area contributed by atoms with Crippen LogP contribution in [0.2, 0.25) is 0 Å². The van der Waals surface area contributed by atoms with Crippen molar-refractivity contribution >= 4 is 11.5 Å². The Kier molecular flexibility index (Phi) is 7.05. The second kappa shape index (κ2) is 9.56. The molecule has 31 heavy (non-hydrogen) atoms. The number of nitrogens with zero attached hydrogens (tertiary/aromatic N) is 1. The summed E-state index contributed by atoms with van der Waals surface area (Å²) < 4.78 is 38.9. The highest BCUT2D eigenvalue weighted by atomic mass is 19.4. The number of carbonyl (C=O) groups excluding carboxylic acids is 1. The van der Waals surface area contributed by atoms with Gasteiger partial charge >= 0.3 is 6.18 Å². The molecule has 2 aromatic rings. The summed E-state index contributed by atoms with van der Waals surface area (Å²) in [6, 6.07) is 12.1. The molecule has 1 aliphatic heterocycles. The molecule has 1 heterocycles. The first-order valence-corrected chi connectivity index (χ1v) is 10.4. The number of benzene rings is 2. The maximum absolute atomic E-state index is 13.0. The summed E-state index contributed by atoms with van der Waals surface area (Å²) in [6.45, 7) is 2.40. The molecule has 0 aliphatic carbocycles. The third-order valence-electron chi connectivity index (χ3n) is 5.57. The zero-order valence-corrected chi connectivity index (χ0v) is 17.3. The van der Waals surface area contributed by atoms with Crippen LogP contribution in [0.5, 0.6) is 0 Å². The summed E-state index contributed by atoms with van der Waals surface area (Å²) >= 11 is 0. The maximum atomic E-state index is 13.0. The van der Waals surface area contributed by atoms with E-state index in [0.29, 0.717) is 18.5 Å². The van der Waals surface area contributed by atoms with Crippen LogP contribution in [-0.4, -0.2) is 33.6 Å². The number of rotatable bonds is 8. The number of unbranched alkanes of at least 4 members (excludes halogenated alkanes) is 3. The lowest BCUT2D eigenvalue weighted by Crippen LogP contribution is -2.40. The Morgan fingerprint density at radius 1 is 1.00 bits per heavy atom. The normalized spacial score (nSPS) is 18.0. The van der Waals surface area contributed by atoms with Gasteiger partial charge in [-0.1, -0.05) is 68.7 Å². The monoisotopic (exact) mass is 433 g/mol. The number of hydrogen-bond acceptors (Lipinski definition) is 3. The van der Waals surface area contributed by atoms with Crippen molar-refractivity contribution in [3.63, 3.8) is 0 Å². The molecule has 1 amide bonds. The molecule has 0 fully saturated rings. The van der Waals surface area contributed by atoms with E-state index in [2.05, 4.69) is 6.92 Å². The number of carbonyl (C=O) groups is 1. The lowest BCUT2D eigenvalue weighted by Gasteiger charge is -2.31. The number of alkyl halides is 3. The lowest BCUT2D eigenvalue weighted by atomic mass is 9.91. The minimum Gasteiger partial charge on any atom is -0.503 e. The highest BCUT2D eigenvalue weighted by molar-refractivity contribution is 6.05. The first-order valence-electron chi connectivity index (χ1n) is 10.4. The molecule has 0 saturated heterocycles. The number of aliphatic hydroxyl groups excluding tert-OH is 2. The maximum Gasteiger partial charge on any atom is 0.416 e. The quantitative estimate of drug-likeness (QED) is 0.541. The highest BCUT2D eigenvalue weighted by Gasteiger charge is 2.44. The summed E-state index contributed by atoms with van der Waals surface area (Å²) in [5.74, 6) is -1.15. The van der Waals surface area contributed by atoms with E-state index in [9.17, 15) is 28.2 Å². The van der Waals surface area contributed by atoms with Crippen LogP contribution in [-0.2, 0) is 11.0 Å². The van der Waals surface area contributed by atoms with Crippen LogP contribution in [0, 0.1) is 0 Å².